The van der Waals surface area contributed by atoms with E-state index in [0.29, 0.717) is 33.8 Å². The van der Waals surface area contributed by atoms with Gasteiger partial charge in [0, 0.05) is 29.1 Å². The standard InChI is InChI=1S/C27H24N4O3/c1-34-24-13-6-5-12-22(24)25-23(17-31(30-25)21-10-3-2-4-11-21)27(33)29-20-9-7-8-18(16-20)26(32)28-19-14-15-19/h2-13,16-17,19H,14-15H2,1H3,(H,28,32)(H,29,33). The molecule has 2 N–H and O–H groups in total. The Morgan fingerprint density at radius 2 is 1.71 bits per heavy atom. The van der Waals surface area contributed by atoms with Gasteiger partial charge in [0.2, 0.25) is 0 Å². The fourth-order valence-electron chi connectivity index (χ4n) is 3.73. The molecule has 170 valence electrons. The molecule has 7 heteroatoms. The average Bonchev–Trinajstić information content (AvgIpc) is 3.58. The Hall–Kier alpha value is -4.39. The van der Waals surface area contributed by atoms with Crippen LogP contribution in [0.3, 0.4) is 0 Å². The molecule has 1 fully saturated rings. The van der Waals surface area contributed by atoms with E-state index in [0.717, 1.165) is 18.5 Å². The lowest BCUT2D eigenvalue weighted by Gasteiger charge is -2.09. The van der Waals surface area contributed by atoms with E-state index in [9.17, 15) is 9.59 Å². The molecule has 0 spiro atoms. The van der Waals surface area contributed by atoms with Gasteiger partial charge in [-0.15, -0.1) is 0 Å². The number of methoxy groups -OCH3 is 1. The summed E-state index contributed by atoms with van der Waals surface area (Å²) >= 11 is 0. The molecule has 0 radical (unpaired) electrons. The minimum absolute atomic E-state index is 0.134. The molecule has 5 rings (SSSR count). The lowest BCUT2D eigenvalue weighted by Crippen LogP contribution is -2.25. The second-order valence-electron chi connectivity index (χ2n) is 8.15. The highest BCUT2D eigenvalue weighted by atomic mass is 16.5. The maximum absolute atomic E-state index is 13.4. The number of ether oxygens (including phenoxy) is 1. The van der Waals surface area contributed by atoms with Crippen LogP contribution in [0, 0.1) is 0 Å². The van der Waals surface area contributed by atoms with Gasteiger partial charge in [0.1, 0.15) is 11.4 Å². The summed E-state index contributed by atoms with van der Waals surface area (Å²) in [6.07, 6.45) is 3.73. The predicted octanol–water partition coefficient (Wildman–Crippen LogP) is 4.69. The third-order valence-corrected chi connectivity index (χ3v) is 5.64. The molecule has 0 aliphatic heterocycles. The van der Waals surface area contributed by atoms with Crippen molar-refractivity contribution < 1.29 is 14.3 Å². The summed E-state index contributed by atoms with van der Waals surface area (Å²) in [6, 6.07) is 24.2. The highest BCUT2D eigenvalue weighted by molar-refractivity contribution is 6.09. The van der Waals surface area contributed by atoms with E-state index < -0.39 is 0 Å². The van der Waals surface area contributed by atoms with E-state index in [-0.39, 0.29) is 17.9 Å². The van der Waals surface area contributed by atoms with Crippen molar-refractivity contribution >= 4 is 17.5 Å². The summed E-state index contributed by atoms with van der Waals surface area (Å²) in [5.74, 6) is 0.154. The maximum Gasteiger partial charge on any atom is 0.259 e. The van der Waals surface area contributed by atoms with Crippen LogP contribution in [0.4, 0.5) is 5.69 Å². The summed E-state index contributed by atoms with van der Waals surface area (Å²) in [4.78, 5) is 25.8. The monoisotopic (exact) mass is 452 g/mol. The van der Waals surface area contributed by atoms with E-state index >= 15 is 0 Å². The van der Waals surface area contributed by atoms with Crippen LogP contribution in [0.2, 0.25) is 0 Å². The zero-order chi connectivity index (χ0) is 23.5. The Kier molecular flexibility index (Phi) is 5.82. The third kappa shape index (κ3) is 4.54. The first-order valence-corrected chi connectivity index (χ1v) is 11.1. The fraction of sp³-hybridized carbons (Fsp3) is 0.148. The second-order valence-corrected chi connectivity index (χ2v) is 8.15. The van der Waals surface area contributed by atoms with Crippen LogP contribution < -0.4 is 15.4 Å². The van der Waals surface area contributed by atoms with E-state index in [2.05, 4.69) is 10.6 Å². The zero-order valence-electron chi connectivity index (χ0n) is 18.7. The van der Waals surface area contributed by atoms with Crippen LogP contribution in [0.5, 0.6) is 5.75 Å². The number of carbonyl (C=O) groups excluding carboxylic acids is 2. The summed E-state index contributed by atoms with van der Waals surface area (Å²) in [5, 5.41) is 10.6. The maximum atomic E-state index is 13.4. The molecule has 1 saturated carbocycles. The number of para-hydroxylation sites is 2. The third-order valence-electron chi connectivity index (χ3n) is 5.64. The lowest BCUT2D eigenvalue weighted by molar-refractivity contribution is 0.0949. The molecule has 0 saturated heterocycles. The summed E-state index contributed by atoms with van der Waals surface area (Å²) in [5.41, 5.74) is 3.47. The number of aromatic nitrogens is 2. The van der Waals surface area contributed by atoms with Gasteiger partial charge >= 0.3 is 0 Å². The minimum Gasteiger partial charge on any atom is -0.496 e. The van der Waals surface area contributed by atoms with Crippen molar-refractivity contribution in [3.8, 4) is 22.7 Å². The number of amides is 2. The molecule has 1 aromatic heterocycles. The van der Waals surface area contributed by atoms with Gasteiger partial charge in [0.25, 0.3) is 11.8 Å². The van der Waals surface area contributed by atoms with Crippen molar-refractivity contribution in [3.63, 3.8) is 0 Å². The molecule has 1 aliphatic rings. The molecule has 34 heavy (non-hydrogen) atoms. The van der Waals surface area contributed by atoms with E-state index in [1.807, 2.05) is 54.6 Å². The SMILES string of the molecule is COc1ccccc1-c1nn(-c2ccccc2)cc1C(=O)Nc1cccc(C(=O)NC2CC2)c1. The first-order valence-electron chi connectivity index (χ1n) is 11.1. The first kappa shape index (κ1) is 21.5. The topological polar surface area (TPSA) is 85.2 Å². The minimum atomic E-state index is -0.331. The van der Waals surface area contributed by atoms with Gasteiger partial charge in [-0.1, -0.05) is 36.4 Å². The lowest BCUT2D eigenvalue weighted by atomic mass is 10.1. The number of nitrogens with one attached hydrogen (secondary N) is 2. The molecule has 1 heterocycles. The van der Waals surface area contributed by atoms with Gasteiger partial charge in [-0.3, -0.25) is 9.59 Å². The Morgan fingerprint density at radius 1 is 0.941 bits per heavy atom. The average molecular weight is 453 g/mol. The molecular formula is C27H24N4O3. The Morgan fingerprint density at radius 3 is 2.47 bits per heavy atom. The molecule has 2 amide bonds. The van der Waals surface area contributed by atoms with Crippen LogP contribution in [0.25, 0.3) is 16.9 Å². The van der Waals surface area contributed by atoms with Gasteiger partial charge in [-0.25, -0.2) is 4.68 Å². The second kappa shape index (κ2) is 9.23. The molecule has 0 atom stereocenters. The fourth-order valence-corrected chi connectivity index (χ4v) is 3.73. The summed E-state index contributed by atoms with van der Waals surface area (Å²) < 4.78 is 7.20. The van der Waals surface area contributed by atoms with Crippen molar-refractivity contribution in [2.45, 2.75) is 18.9 Å². The number of rotatable bonds is 7. The molecule has 7 nitrogen and oxygen atoms in total. The quantitative estimate of drug-likeness (QED) is 0.426. The van der Waals surface area contributed by atoms with Crippen molar-refractivity contribution in [2.24, 2.45) is 0 Å². The summed E-state index contributed by atoms with van der Waals surface area (Å²) in [6.45, 7) is 0. The summed E-state index contributed by atoms with van der Waals surface area (Å²) in [7, 11) is 1.59. The number of hydrogen-bond acceptors (Lipinski definition) is 4. The van der Waals surface area contributed by atoms with Gasteiger partial charge in [-0.05, 0) is 55.3 Å². The van der Waals surface area contributed by atoms with Crippen LogP contribution in [0.15, 0.2) is 85.1 Å². The molecule has 1 aliphatic carbocycles. The normalized spacial score (nSPS) is 12.7. The van der Waals surface area contributed by atoms with Crippen LogP contribution in [0.1, 0.15) is 33.6 Å². The Labute approximate surface area is 197 Å². The number of anilines is 1. The number of benzene rings is 3. The molecular weight excluding hydrogens is 428 g/mol. The Balaban J connectivity index is 1.49. The van der Waals surface area contributed by atoms with E-state index in [4.69, 9.17) is 9.84 Å². The van der Waals surface area contributed by atoms with Crippen molar-refractivity contribution in [1.29, 1.82) is 0 Å². The van der Waals surface area contributed by atoms with Crippen molar-refractivity contribution in [1.82, 2.24) is 15.1 Å². The molecule has 0 bridgehead atoms. The molecule has 0 unspecified atom stereocenters. The van der Waals surface area contributed by atoms with E-state index in [1.54, 1.807) is 42.3 Å². The predicted molar refractivity (Wildman–Crippen MR) is 130 cm³/mol. The highest BCUT2D eigenvalue weighted by Gasteiger charge is 2.24. The number of hydrogen-bond donors (Lipinski definition) is 2. The van der Waals surface area contributed by atoms with Gasteiger partial charge in [0.15, 0.2) is 0 Å². The van der Waals surface area contributed by atoms with Crippen LogP contribution in [-0.4, -0.2) is 34.7 Å². The van der Waals surface area contributed by atoms with Crippen LogP contribution in [-0.2, 0) is 0 Å². The molecule has 4 aromatic rings. The van der Waals surface area contributed by atoms with Gasteiger partial charge < -0.3 is 15.4 Å². The van der Waals surface area contributed by atoms with Gasteiger partial charge in [0.05, 0.1) is 18.4 Å². The number of nitrogens with zero attached hydrogens (tertiary/aromatic N) is 2. The molecule has 3 aromatic carbocycles. The van der Waals surface area contributed by atoms with Gasteiger partial charge in [-0.2, -0.15) is 5.10 Å². The zero-order valence-corrected chi connectivity index (χ0v) is 18.7. The first-order chi connectivity index (χ1) is 16.6. The highest BCUT2D eigenvalue weighted by Crippen LogP contribution is 2.32. The smallest absolute Gasteiger partial charge is 0.259 e. The Bertz CT molecular complexity index is 1340. The van der Waals surface area contributed by atoms with Crippen LogP contribution >= 0.6 is 0 Å². The number of carbonyl (C=O) groups is 2. The largest absolute Gasteiger partial charge is 0.496 e. The van der Waals surface area contributed by atoms with E-state index in [1.165, 1.54) is 0 Å². The van der Waals surface area contributed by atoms with Crippen molar-refractivity contribution in [3.05, 3.63) is 96.2 Å². The van der Waals surface area contributed by atoms with Crippen molar-refractivity contribution in [2.75, 3.05) is 12.4 Å².